The number of anilines is 1. The van der Waals surface area contributed by atoms with Crippen LogP contribution in [0.5, 0.6) is 0 Å². The molecule has 1 aromatic carbocycles. The predicted octanol–water partition coefficient (Wildman–Crippen LogP) is 4.50. The van der Waals surface area contributed by atoms with Crippen molar-refractivity contribution in [2.45, 2.75) is 0 Å². The number of ketones is 1. The molecular formula is C13H9BrClNO2. The maximum atomic E-state index is 11.6. The lowest BCUT2D eigenvalue weighted by molar-refractivity contribution is 0.102. The highest BCUT2D eigenvalue weighted by atomic mass is 79.9. The Morgan fingerprint density at radius 2 is 2.22 bits per heavy atom. The number of halogens is 2. The Kier molecular flexibility index (Phi) is 4.23. The van der Waals surface area contributed by atoms with Crippen LogP contribution in [0.1, 0.15) is 10.6 Å². The minimum Gasteiger partial charge on any atom is -0.461 e. The van der Waals surface area contributed by atoms with Gasteiger partial charge in [-0.2, -0.15) is 0 Å². The summed E-state index contributed by atoms with van der Waals surface area (Å²) in [6.45, 7) is 0. The van der Waals surface area contributed by atoms with E-state index in [1.54, 1.807) is 18.2 Å². The van der Waals surface area contributed by atoms with Crippen LogP contribution in [0.4, 0.5) is 5.69 Å². The lowest BCUT2D eigenvalue weighted by atomic mass is 10.3. The van der Waals surface area contributed by atoms with Crippen molar-refractivity contribution < 1.29 is 9.21 Å². The quantitative estimate of drug-likeness (QED) is 0.664. The van der Waals surface area contributed by atoms with Gasteiger partial charge in [0.05, 0.1) is 17.0 Å². The van der Waals surface area contributed by atoms with E-state index in [0.29, 0.717) is 10.8 Å². The average molecular weight is 327 g/mol. The summed E-state index contributed by atoms with van der Waals surface area (Å²) in [6, 6.07) is 8.72. The molecule has 92 valence electrons. The van der Waals surface area contributed by atoms with Crippen LogP contribution in [0.15, 0.2) is 57.8 Å². The van der Waals surface area contributed by atoms with E-state index in [4.69, 9.17) is 16.0 Å². The highest BCUT2D eigenvalue weighted by Gasteiger charge is 2.03. The Hall–Kier alpha value is -1.52. The molecule has 0 unspecified atom stereocenters. The van der Waals surface area contributed by atoms with Crippen LogP contribution in [-0.2, 0) is 0 Å². The van der Waals surface area contributed by atoms with Gasteiger partial charge in [0, 0.05) is 16.7 Å². The molecule has 0 fully saturated rings. The van der Waals surface area contributed by atoms with Crippen LogP contribution in [0, 0.1) is 0 Å². The van der Waals surface area contributed by atoms with Gasteiger partial charge in [0.25, 0.3) is 0 Å². The van der Waals surface area contributed by atoms with Crippen LogP contribution in [-0.4, -0.2) is 5.78 Å². The van der Waals surface area contributed by atoms with Crippen LogP contribution < -0.4 is 5.32 Å². The molecule has 0 atom stereocenters. The zero-order valence-corrected chi connectivity index (χ0v) is 11.5. The van der Waals surface area contributed by atoms with Crippen molar-refractivity contribution in [3.8, 4) is 0 Å². The molecule has 3 nitrogen and oxygen atoms in total. The molecule has 0 aliphatic heterocycles. The van der Waals surface area contributed by atoms with Gasteiger partial charge in [0.1, 0.15) is 0 Å². The summed E-state index contributed by atoms with van der Waals surface area (Å²) in [4.78, 5) is 11.6. The maximum absolute atomic E-state index is 11.6. The van der Waals surface area contributed by atoms with Gasteiger partial charge < -0.3 is 9.73 Å². The van der Waals surface area contributed by atoms with E-state index >= 15 is 0 Å². The van der Waals surface area contributed by atoms with E-state index in [0.717, 1.165) is 10.2 Å². The Morgan fingerprint density at radius 3 is 2.89 bits per heavy atom. The van der Waals surface area contributed by atoms with Crippen molar-refractivity contribution in [3.63, 3.8) is 0 Å². The lowest BCUT2D eigenvalue weighted by Gasteiger charge is -2.03. The van der Waals surface area contributed by atoms with Crippen LogP contribution in [0.3, 0.4) is 0 Å². The zero-order valence-electron chi connectivity index (χ0n) is 9.19. The van der Waals surface area contributed by atoms with Gasteiger partial charge in [-0.25, -0.2) is 0 Å². The number of hydrogen-bond acceptors (Lipinski definition) is 3. The third kappa shape index (κ3) is 3.24. The van der Waals surface area contributed by atoms with Crippen molar-refractivity contribution in [1.82, 2.24) is 0 Å². The molecule has 0 radical (unpaired) electrons. The maximum Gasteiger partial charge on any atom is 0.222 e. The standard InChI is InChI=1S/C13H9BrClNO2/c14-9-3-4-11(10(15)8-9)16-6-5-12(17)13-2-1-7-18-13/h1-8,16H/b6-5+. The lowest BCUT2D eigenvalue weighted by Crippen LogP contribution is -1.94. The molecule has 0 saturated heterocycles. The molecule has 1 heterocycles. The summed E-state index contributed by atoms with van der Waals surface area (Å²) in [7, 11) is 0. The first-order valence-electron chi connectivity index (χ1n) is 5.13. The van der Waals surface area contributed by atoms with E-state index in [1.165, 1.54) is 18.5 Å². The average Bonchev–Trinajstić information content (AvgIpc) is 2.85. The zero-order chi connectivity index (χ0) is 13.0. The van der Waals surface area contributed by atoms with Crippen LogP contribution >= 0.6 is 27.5 Å². The third-order valence-corrected chi connectivity index (χ3v) is 2.97. The topological polar surface area (TPSA) is 42.2 Å². The molecule has 18 heavy (non-hydrogen) atoms. The molecule has 2 rings (SSSR count). The van der Waals surface area contributed by atoms with Gasteiger partial charge in [-0.05, 0) is 30.3 Å². The molecule has 5 heteroatoms. The van der Waals surface area contributed by atoms with E-state index in [1.807, 2.05) is 12.1 Å². The fourth-order valence-corrected chi connectivity index (χ4v) is 2.04. The highest BCUT2D eigenvalue weighted by molar-refractivity contribution is 9.10. The molecule has 0 aliphatic carbocycles. The summed E-state index contributed by atoms with van der Waals surface area (Å²) >= 11 is 9.33. The summed E-state index contributed by atoms with van der Waals surface area (Å²) in [5, 5.41) is 3.51. The Morgan fingerprint density at radius 1 is 1.39 bits per heavy atom. The second-order valence-corrected chi connectivity index (χ2v) is 4.77. The van der Waals surface area contributed by atoms with Crippen molar-refractivity contribution in [2.24, 2.45) is 0 Å². The number of hydrogen-bond donors (Lipinski definition) is 1. The number of benzene rings is 1. The second-order valence-electron chi connectivity index (χ2n) is 3.44. The highest BCUT2D eigenvalue weighted by Crippen LogP contribution is 2.25. The second kappa shape index (κ2) is 5.89. The smallest absolute Gasteiger partial charge is 0.222 e. The normalized spacial score (nSPS) is 10.8. The van der Waals surface area contributed by atoms with Gasteiger partial charge in [-0.1, -0.05) is 27.5 Å². The molecule has 0 saturated carbocycles. The number of allylic oxidation sites excluding steroid dienone is 1. The summed E-state index contributed by atoms with van der Waals surface area (Å²) in [6.07, 6.45) is 4.37. The fraction of sp³-hybridized carbons (Fsp3) is 0. The molecule has 0 aliphatic rings. The first kappa shape index (κ1) is 12.9. The van der Waals surface area contributed by atoms with Crippen LogP contribution in [0.25, 0.3) is 0 Å². The third-order valence-electron chi connectivity index (χ3n) is 2.17. The first-order chi connectivity index (χ1) is 8.66. The largest absolute Gasteiger partial charge is 0.461 e. The van der Waals surface area contributed by atoms with Gasteiger partial charge in [0.15, 0.2) is 5.76 Å². The Bertz CT molecular complexity index is 579. The number of carbonyl (C=O) groups excluding carboxylic acids is 1. The summed E-state index contributed by atoms with van der Waals surface area (Å²) < 4.78 is 5.87. The van der Waals surface area contributed by atoms with Crippen molar-refractivity contribution in [1.29, 1.82) is 0 Å². The number of furan rings is 1. The monoisotopic (exact) mass is 325 g/mol. The SMILES string of the molecule is O=C(/C=C/Nc1ccc(Br)cc1Cl)c1ccco1. The minimum absolute atomic E-state index is 0.208. The van der Waals surface area contributed by atoms with E-state index < -0.39 is 0 Å². The molecule has 0 bridgehead atoms. The van der Waals surface area contributed by atoms with E-state index in [9.17, 15) is 4.79 Å². The first-order valence-corrected chi connectivity index (χ1v) is 6.30. The number of rotatable bonds is 4. The van der Waals surface area contributed by atoms with Gasteiger partial charge in [0.2, 0.25) is 5.78 Å². The van der Waals surface area contributed by atoms with Crippen molar-refractivity contribution >= 4 is 39.0 Å². The molecule has 1 aromatic heterocycles. The van der Waals surface area contributed by atoms with Gasteiger partial charge >= 0.3 is 0 Å². The Balaban J connectivity index is 2.01. The summed E-state index contributed by atoms with van der Waals surface area (Å²) in [5.74, 6) is 0.0932. The van der Waals surface area contributed by atoms with Crippen LogP contribution in [0.2, 0.25) is 5.02 Å². The van der Waals surface area contributed by atoms with Crippen molar-refractivity contribution in [3.05, 3.63) is 64.1 Å². The predicted molar refractivity (Wildman–Crippen MR) is 75.0 cm³/mol. The van der Waals surface area contributed by atoms with Crippen molar-refractivity contribution in [2.75, 3.05) is 5.32 Å². The molecule has 2 aromatic rings. The summed E-state index contributed by atoms with van der Waals surface area (Å²) in [5.41, 5.74) is 0.725. The number of carbonyl (C=O) groups is 1. The number of nitrogens with one attached hydrogen (secondary N) is 1. The minimum atomic E-state index is -0.208. The van der Waals surface area contributed by atoms with E-state index in [2.05, 4.69) is 21.2 Å². The molecule has 0 amide bonds. The van der Waals surface area contributed by atoms with E-state index in [-0.39, 0.29) is 5.78 Å². The molecular weight excluding hydrogens is 318 g/mol. The molecule has 0 spiro atoms. The Labute approximate surface area is 118 Å². The van der Waals surface area contributed by atoms with Gasteiger partial charge in [-0.3, -0.25) is 4.79 Å². The fourth-order valence-electron chi connectivity index (χ4n) is 1.31. The molecule has 1 N–H and O–H groups in total. The van der Waals surface area contributed by atoms with Gasteiger partial charge in [-0.15, -0.1) is 0 Å².